The smallest absolute Gasteiger partial charge is 0.346 e. The fourth-order valence-electron chi connectivity index (χ4n) is 5.00. The standard InChI is InChI=1S/C28H28Cl2O6.2C7H8O/c29-22-11-12-26(25(30)13-22)34-19-27(31)36-28-15-23(33-17-21-9-5-2-6-10-21)14-24(35-28)18-32-16-20-7-3-1-4-8-20;2*8-6-7-4-2-1-3-5-7/h1-13,23-24,28H,14-19H2;2*1-5,8H,6H2. The van der Waals surface area contributed by atoms with E-state index >= 15 is 0 Å². The molecule has 1 heterocycles. The van der Waals surface area contributed by atoms with E-state index in [2.05, 4.69) is 0 Å². The number of halogens is 2. The van der Waals surface area contributed by atoms with Gasteiger partial charge in [-0.2, -0.15) is 0 Å². The van der Waals surface area contributed by atoms with Gasteiger partial charge in [-0.25, -0.2) is 4.79 Å². The van der Waals surface area contributed by atoms with Crippen LogP contribution in [-0.2, 0) is 50.2 Å². The molecular formula is C42H44Cl2O8. The van der Waals surface area contributed by atoms with Gasteiger partial charge in [0, 0.05) is 17.9 Å². The number of hydrogen-bond acceptors (Lipinski definition) is 8. The third-order valence-electron chi connectivity index (χ3n) is 7.62. The Morgan fingerprint density at radius 3 is 1.69 bits per heavy atom. The van der Waals surface area contributed by atoms with Crippen LogP contribution in [0.5, 0.6) is 5.75 Å². The molecule has 0 radical (unpaired) electrons. The third-order valence-corrected chi connectivity index (χ3v) is 8.15. The SMILES string of the molecule is O=C(COc1ccc(Cl)cc1Cl)OC1CC(OCc2ccccc2)CC(COCc2ccccc2)O1.OCc1ccccc1.OCc1ccccc1. The van der Waals surface area contributed by atoms with Crippen molar-refractivity contribution in [3.8, 4) is 5.75 Å². The van der Waals surface area contributed by atoms with Gasteiger partial charge in [-0.1, -0.05) is 145 Å². The highest BCUT2D eigenvalue weighted by Crippen LogP contribution is 2.28. The lowest BCUT2D eigenvalue weighted by Crippen LogP contribution is -2.41. The molecule has 5 aromatic rings. The molecule has 0 aliphatic carbocycles. The summed E-state index contributed by atoms with van der Waals surface area (Å²) in [4.78, 5) is 12.5. The number of benzene rings is 5. The second kappa shape index (κ2) is 23.3. The lowest BCUT2D eigenvalue weighted by Gasteiger charge is -2.34. The molecule has 3 unspecified atom stereocenters. The van der Waals surface area contributed by atoms with E-state index in [-0.39, 0.29) is 32.0 Å². The summed E-state index contributed by atoms with van der Waals surface area (Å²) in [6.07, 6.45) is -0.176. The van der Waals surface area contributed by atoms with Crippen LogP contribution < -0.4 is 4.74 Å². The second-order valence-electron chi connectivity index (χ2n) is 11.7. The van der Waals surface area contributed by atoms with E-state index in [1.165, 1.54) is 0 Å². The highest BCUT2D eigenvalue weighted by molar-refractivity contribution is 6.35. The van der Waals surface area contributed by atoms with Gasteiger partial charge < -0.3 is 33.9 Å². The molecule has 0 amide bonds. The number of aliphatic hydroxyl groups is 2. The minimum Gasteiger partial charge on any atom is -0.480 e. The summed E-state index contributed by atoms with van der Waals surface area (Å²) < 4.78 is 29.1. The molecule has 2 N–H and O–H groups in total. The Labute approximate surface area is 315 Å². The first-order chi connectivity index (χ1) is 25.4. The fraction of sp³-hybridized carbons (Fsp3) is 0.262. The Bertz CT molecular complexity index is 1660. The molecule has 0 saturated carbocycles. The minimum absolute atomic E-state index is 0.140. The molecule has 8 nitrogen and oxygen atoms in total. The van der Waals surface area contributed by atoms with E-state index in [1.54, 1.807) is 18.2 Å². The highest BCUT2D eigenvalue weighted by atomic mass is 35.5. The molecule has 0 bridgehead atoms. The first kappa shape index (κ1) is 40.5. The normalized spacial score (nSPS) is 16.3. The van der Waals surface area contributed by atoms with E-state index < -0.39 is 12.3 Å². The van der Waals surface area contributed by atoms with Crippen LogP contribution in [0, 0.1) is 0 Å². The molecule has 52 heavy (non-hydrogen) atoms. The van der Waals surface area contributed by atoms with Crippen molar-refractivity contribution in [2.45, 2.75) is 57.8 Å². The van der Waals surface area contributed by atoms with Gasteiger partial charge in [-0.15, -0.1) is 0 Å². The zero-order valence-electron chi connectivity index (χ0n) is 28.8. The van der Waals surface area contributed by atoms with Crippen molar-refractivity contribution in [3.63, 3.8) is 0 Å². The van der Waals surface area contributed by atoms with Crippen LogP contribution in [0.25, 0.3) is 0 Å². The number of carbonyl (C=O) groups is 1. The average Bonchev–Trinajstić information content (AvgIpc) is 3.18. The van der Waals surface area contributed by atoms with Crippen LogP contribution >= 0.6 is 23.2 Å². The van der Waals surface area contributed by atoms with Crippen molar-refractivity contribution in [1.29, 1.82) is 0 Å². The Balaban J connectivity index is 0.000000308. The average molecular weight is 748 g/mol. The van der Waals surface area contributed by atoms with E-state index in [0.29, 0.717) is 48.5 Å². The van der Waals surface area contributed by atoms with Gasteiger partial charge in [0.05, 0.1) is 50.3 Å². The number of hydrogen-bond donors (Lipinski definition) is 2. The Morgan fingerprint density at radius 1 is 0.673 bits per heavy atom. The molecule has 0 aromatic heterocycles. The van der Waals surface area contributed by atoms with Gasteiger partial charge in [-0.3, -0.25) is 0 Å². The number of esters is 1. The molecule has 1 fully saturated rings. The minimum atomic E-state index is -0.776. The summed E-state index contributed by atoms with van der Waals surface area (Å²) in [7, 11) is 0. The van der Waals surface area contributed by atoms with Gasteiger partial charge in [0.1, 0.15) is 5.75 Å². The van der Waals surface area contributed by atoms with Crippen LogP contribution in [0.4, 0.5) is 0 Å². The van der Waals surface area contributed by atoms with E-state index in [1.807, 2.05) is 121 Å². The summed E-state index contributed by atoms with van der Waals surface area (Å²) in [5.41, 5.74) is 4.08. The Hall–Kier alpha value is -4.25. The summed E-state index contributed by atoms with van der Waals surface area (Å²) >= 11 is 12.0. The summed E-state index contributed by atoms with van der Waals surface area (Å²) in [5, 5.41) is 17.9. The number of ether oxygens (including phenoxy) is 5. The number of rotatable bonds is 13. The number of aliphatic hydroxyl groups excluding tert-OH is 2. The monoisotopic (exact) mass is 746 g/mol. The van der Waals surface area contributed by atoms with E-state index in [0.717, 1.165) is 22.3 Å². The first-order valence-electron chi connectivity index (χ1n) is 16.9. The maximum atomic E-state index is 12.5. The van der Waals surface area contributed by atoms with Crippen LogP contribution in [0.15, 0.2) is 140 Å². The van der Waals surface area contributed by atoms with Crippen molar-refractivity contribution in [2.75, 3.05) is 13.2 Å². The lowest BCUT2D eigenvalue weighted by atomic mass is 10.1. The Kier molecular flexibility index (Phi) is 18.2. The first-order valence-corrected chi connectivity index (χ1v) is 17.7. The van der Waals surface area contributed by atoms with Crippen molar-refractivity contribution < 1.29 is 38.7 Å². The molecule has 5 aromatic carbocycles. The maximum Gasteiger partial charge on any atom is 0.346 e. The molecule has 10 heteroatoms. The topological polar surface area (TPSA) is 104 Å². The van der Waals surface area contributed by atoms with Crippen LogP contribution in [0.3, 0.4) is 0 Å². The molecular weight excluding hydrogens is 703 g/mol. The van der Waals surface area contributed by atoms with E-state index in [9.17, 15) is 4.79 Å². The summed E-state index contributed by atoms with van der Waals surface area (Å²) in [6, 6.07) is 43.7. The predicted molar refractivity (Wildman–Crippen MR) is 202 cm³/mol. The number of carbonyl (C=O) groups excluding carboxylic acids is 1. The van der Waals surface area contributed by atoms with Crippen LogP contribution in [-0.4, -0.2) is 47.9 Å². The van der Waals surface area contributed by atoms with Crippen molar-refractivity contribution in [3.05, 3.63) is 172 Å². The zero-order valence-corrected chi connectivity index (χ0v) is 30.3. The van der Waals surface area contributed by atoms with Crippen molar-refractivity contribution in [2.24, 2.45) is 0 Å². The van der Waals surface area contributed by atoms with Crippen molar-refractivity contribution in [1.82, 2.24) is 0 Å². The molecule has 3 atom stereocenters. The van der Waals surface area contributed by atoms with Gasteiger partial charge in [0.25, 0.3) is 0 Å². The maximum absolute atomic E-state index is 12.5. The Morgan fingerprint density at radius 2 is 1.19 bits per heavy atom. The lowest BCUT2D eigenvalue weighted by molar-refractivity contribution is -0.231. The van der Waals surface area contributed by atoms with Crippen LogP contribution in [0.1, 0.15) is 35.1 Å². The van der Waals surface area contributed by atoms with Gasteiger partial charge in [0.2, 0.25) is 6.29 Å². The molecule has 274 valence electrons. The predicted octanol–water partition coefficient (Wildman–Crippen LogP) is 8.58. The van der Waals surface area contributed by atoms with Crippen molar-refractivity contribution >= 4 is 29.2 Å². The molecule has 1 aliphatic heterocycles. The quantitative estimate of drug-likeness (QED) is 0.116. The molecule has 1 saturated heterocycles. The van der Waals surface area contributed by atoms with Gasteiger partial charge in [-0.05, 0) is 40.5 Å². The molecule has 1 aliphatic rings. The third kappa shape index (κ3) is 15.6. The summed E-state index contributed by atoms with van der Waals surface area (Å²) in [5.74, 6) is -0.225. The van der Waals surface area contributed by atoms with Crippen LogP contribution in [0.2, 0.25) is 10.0 Å². The van der Waals surface area contributed by atoms with Gasteiger partial charge in [0.15, 0.2) is 6.61 Å². The fourth-order valence-corrected chi connectivity index (χ4v) is 5.46. The molecule has 6 rings (SSSR count). The van der Waals surface area contributed by atoms with E-state index in [4.69, 9.17) is 57.1 Å². The highest BCUT2D eigenvalue weighted by Gasteiger charge is 2.33. The van der Waals surface area contributed by atoms with Gasteiger partial charge >= 0.3 is 5.97 Å². The molecule has 0 spiro atoms. The zero-order chi connectivity index (χ0) is 36.8. The summed E-state index contributed by atoms with van der Waals surface area (Å²) in [6.45, 7) is 1.25. The largest absolute Gasteiger partial charge is 0.480 e. The second-order valence-corrected chi connectivity index (χ2v) is 12.6.